The summed E-state index contributed by atoms with van der Waals surface area (Å²) in [6, 6.07) is 0. The lowest BCUT2D eigenvalue weighted by Crippen LogP contribution is -2.24. The highest BCUT2D eigenvalue weighted by atomic mass is 32.1. The highest BCUT2D eigenvalue weighted by Gasteiger charge is 2.23. The van der Waals surface area contributed by atoms with Gasteiger partial charge in [-0.1, -0.05) is 0 Å². The highest BCUT2D eigenvalue weighted by Crippen LogP contribution is 2.18. The SMILES string of the molecule is CCOC(=O)Cc1csc(NC(=O)C2CCNC2)n1. The van der Waals surface area contributed by atoms with Crippen LogP contribution < -0.4 is 10.6 Å². The number of hydrogen-bond acceptors (Lipinski definition) is 6. The quantitative estimate of drug-likeness (QED) is 0.781. The van der Waals surface area contributed by atoms with E-state index in [1.807, 2.05) is 0 Å². The van der Waals surface area contributed by atoms with Crippen molar-refractivity contribution in [3.63, 3.8) is 0 Å². The summed E-state index contributed by atoms with van der Waals surface area (Å²) in [5, 5.41) is 8.23. The predicted molar refractivity (Wildman–Crippen MR) is 72.1 cm³/mol. The first-order chi connectivity index (χ1) is 9.19. The van der Waals surface area contributed by atoms with Gasteiger partial charge in [0, 0.05) is 11.9 Å². The second kappa shape index (κ2) is 6.63. The molecular weight excluding hydrogens is 266 g/mol. The number of thiazole rings is 1. The number of aromatic nitrogens is 1. The summed E-state index contributed by atoms with van der Waals surface area (Å²) < 4.78 is 4.85. The van der Waals surface area contributed by atoms with Gasteiger partial charge in [0.2, 0.25) is 5.91 Å². The Morgan fingerprint density at radius 1 is 1.63 bits per heavy atom. The maximum Gasteiger partial charge on any atom is 0.311 e. The van der Waals surface area contributed by atoms with E-state index in [-0.39, 0.29) is 24.2 Å². The maximum absolute atomic E-state index is 11.9. The second-order valence-electron chi connectivity index (χ2n) is 4.30. The molecule has 6 nitrogen and oxygen atoms in total. The standard InChI is InChI=1S/C12H17N3O3S/c1-2-18-10(16)5-9-7-19-12(14-9)15-11(17)8-3-4-13-6-8/h7-8,13H,2-6H2,1H3,(H,14,15,17). The van der Waals surface area contributed by atoms with E-state index in [0.717, 1.165) is 13.0 Å². The van der Waals surface area contributed by atoms with Gasteiger partial charge in [0.1, 0.15) is 0 Å². The number of carbonyl (C=O) groups is 2. The van der Waals surface area contributed by atoms with Crippen LogP contribution in [0.15, 0.2) is 5.38 Å². The number of esters is 1. The van der Waals surface area contributed by atoms with Crippen LogP contribution in [-0.4, -0.2) is 36.6 Å². The van der Waals surface area contributed by atoms with Crippen molar-refractivity contribution in [1.82, 2.24) is 10.3 Å². The van der Waals surface area contributed by atoms with E-state index < -0.39 is 0 Å². The van der Waals surface area contributed by atoms with Crippen LogP contribution in [0.2, 0.25) is 0 Å². The number of carbonyl (C=O) groups excluding carboxylic acids is 2. The lowest BCUT2D eigenvalue weighted by Gasteiger charge is -2.06. The van der Waals surface area contributed by atoms with Gasteiger partial charge in [-0.3, -0.25) is 9.59 Å². The van der Waals surface area contributed by atoms with Crippen molar-refractivity contribution in [1.29, 1.82) is 0 Å². The van der Waals surface area contributed by atoms with Crippen molar-refractivity contribution in [3.05, 3.63) is 11.1 Å². The van der Waals surface area contributed by atoms with E-state index >= 15 is 0 Å². The first-order valence-electron chi connectivity index (χ1n) is 6.30. The summed E-state index contributed by atoms with van der Waals surface area (Å²) in [5.41, 5.74) is 0.628. The molecule has 1 aromatic rings. The Labute approximate surface area is 115 Å². The Hall–Kier alpha value is -1.47. The molecule has 0 bridgehead atoms. The fourth-order valence-electron chi connectivity index (χ4n) is 1.89. The maximum atomic E-state index is 11.9. The van der Waals surface area contributed by atoms with Crippen LogP contribution in [0.5, 0.6) is 0 Å². The third-order valence-corrected chi connectivity index (χ3v) is 3.65. The molecule has 2 heterocycles. The average Bonchev–Trinajstić information content (AvgIpc) is 3.00. The molecule has 0 aliphatic carbocycles. The summed E-state index contributed by atoms with van der Waals surface area (Å²) in [4.78, 5) is 27.4. The van der Waals surface area contributed by atoms with E-state index in [4.69, 9.17) is 4.74 Å². The Balaban J connectivity index is 1.86. The van der Waals surface area contributed by atoms with Crippen molar-refractivity contribution >= 4 is 28.3 Å². The van der Waals surface area contributed by atoms with E-state index in [0.29, 0.717) is 24.0 Å². The summed E-state index contributed by atoms with van der Waals surface area (Å²) in [5.74, 6) is -0.301. The van der Waals surface area contributed by atoms with Crippen LogP contribution in [0.25, 0.3) is 0 Å². The van der Waals surface area contributed by atoms with Crippen LogP contribution >= 0.6 is 11.3 Å². The Kier molecular flexibility index (Phi) is 4.86. The molecule has 104 valence electrons. The predicted octanol–water partition coefficient (Wildman–Crippen LogP) is 0.797. The normalized spacial score (nSPS) is 18.3. The number of rotatable bonds is 5. The highest BCUT2D eigenvalue weighted by molar-refractivity contribution is 7.13. The molecule has 1 amide bonds. The van der Waals surface area contributed by atoms with Gasteiger partial charge in [-0.2, -0.15) is 0 Å². The van der Waals surface area contributed by atoms with Crippen molar-refractivity contribution in [2.24, 2.45) is 5.92 Å². The fraction of sp³-hybridized carbons (Fsp3) is 0.583. The number of hydrogen-bond donors (Lipinski definition) is 2. The summed E-state index contributed by atoms with van der Waals surface area (Å²) in [6.07, 6.45) is 0.998. The van der Waals surface area contributed by atoms with Crippen LogP contribution in [0.1, 0.15) is 19.0 Å². The second-order valence-corrected chi connectivity index (χ2v) is 5.16. The molecule has 0 saturated carbocycles. The number of nitrogens with zero attached hydrogens (tertiary/aromatic N) is 1. The summed E-state index contributed by atoms with van der Waals surface area (Å²) in [6.45, 7) is 3.72. The largest absolute Gasteiger partial charge is 0.466 e. The zero-order valence-corrected chi connectivity index (χ0v) is 11.6. The van der Waals surface area contributed by atoms with Gasteiger partial charge >= 0.3 is 5.97 Å². The molecule has 19 heavy (non-hydrogen) atoms. The molecule has 0 spiro atoms. The molecule has 1 aliphatic heterocycles. The van der Waals surface area contributed by atoms with Crippen molar-refractivity contribution in [2.75, 3.05) is 25.0 Å². The molecule has 1 atom stereocenters. The van der Waals surface area contributed by atoms with Gasteiger partial charge in [0.05, 0.1) is 24.6 Å². The van der Waals surface area contributed by atoms with Gasteiger partial charge in [-0.25, -0.2) is 4.98 Å². The zero-order chi connectivity index (χ0) is 13.7. The van der Waals surface area contributed by atoms with E-state index in [1.165, 1.54) is 11.3 Å². The zero-order valence-electron chi connectivity index (χ0n) is 10.8. The van der Waals surface area contributed by atoms with Gasteiger partial charge in [-0.05, 0) is 19.9 Å². The van der Waals surface area contributed by atoms with Gasteiger partial charge in [0.15, 0.2) is 5.13 Å². The molecule has 1 saturated heterocycles. The molecule has 1 fully saturated rings. The van der Waals surface area contributed by atoms with E-state index in [9.17, 15) is 9.59 Å². The monoisotopic (exact) mass is 283 g/mol. The summed E-state index contributed by atoms with van der Waals surface area (Å²) in [7, 11) is 0. The van der Waals surface area contributed by atoms with Crippen LogP contribution in [0.3, 0.4) is 0 Å². The van der Waals surface area contributed by atoms with Gasteiger partial charge < -0.3 is 15.4 Å². The minimum Gasteiger partial charge on any atom is -0.466 e. The molecule has 1 aliphatic rings. The molecule has 1 unspecified atom stereocenters. The molecule has 0 aromatic carbocycles. The minimum atomic E-state index is -0.300. The van der Waals surface area contributed by atoms with Crippen LogP contribution in [0.4, 0.5) is 5.13 Å². The molecule has 2 N–H and O–H groups in total. The molecule has 2 rings (SSSR count). The van der Waals surface area contributed by atoms with Gasteiger partial charge in [0.25, 0.3) is 0 Å². The lowest BCUT2D eigenvalue weighted by molar-refractivity contribution is -0.142. The topological polar surface area (TPSA) is 80.3 Å². The number of amides is 1. The van der Waals surface area contributed by atoms with Gasteiger partial charge in [-0.15, -0.1) is 11.3 Å². The van der Waals surface area contributed by atoms with Crippen molar-refractivity contribution < 1.29 is 14.3 Å². The molecular formula is C12H17N3O3S. The average molecular weight is 283 g/mol. The van der Waals surface area contributed by atoms with E-state index in [1.54, 1.807) is 12.3 Å². The van der Waals surface area contributed by atoms with Crippen LogP contribution in [-0.2, 0) is 20.7 Å². The Morgan fingerprint density at radius 2 is 2.47 bits per heavy atom. The van der Waals surface area contributed by atoms with Crippen molar-refractivity contribution in [3.8, 4) is 0 Å². The Morgan fingerprint density at radius 3 is 3.16 bits per heavy atom. The first-order valence-corrected chi connectivity index (χ1v) is 7.18. The molecule has 1 aromatic heterocycles. The number of nitrogens with one attached hydrogen (secondary N) is 2. The number of anilines is 1. The first kappa shape index (κ1) is 14.0. The van der Waals surface area contributed by atoms with Crippen LogP contribution in [0, 0.1) is 5.92 Å². The fourth-order valence-corrected chi connectivity index (χ4v) is 2.60. The smallest absolute Gasteiger partial charge is 0.311 e. The minimum absolute atomic E-state index is 0.0115. The number of ether oxygens (including phenoxy) is 1. The summed E-state index contributed by atoms with van der Waals surface area (Å²) >= 11 is 1.33. The third kappa shape index (κ3) is 4.00. The lowest BCUT2D eigenvalue weighted by atomic mass is 10.1. The molecule has 0 radical (unpaired) electrons. The third-order valence-electron chi connectivity index (χ3n) is 2.84. The molecule has 7 heteroatoms. The van der Waals surface area contributed by atoms with E-state index in [2.05, 4.69) is 15.6 Å². The van der Waals surface area contributed by atoms with Crippen molar-refractivity contribution in [2.45, 2.75) is 19.8 Å². The Bertz CT molecular complexity index is 455.